The number of ether oxygens (including phenoxy) is 4. The number of amides is 2. The second kappa shape index (κ2) is 14.0. The number of carbonyl (C=O) groups is 3. The van der Waals surface area contributed by atoms with E-state index in [2.05, 4.69) is 22.8 Å². The van der Waals surface area contributed by atoms with Crippen LogP contribution in [-0.4, -0.2) is 50.9 Å². The highest BCUT2D eigenvalue weighted by atomic mass is 32.1. The van der Waals surface area contributed by atoms with E-state index in [4.69, 9.17) is 18.9 Å². The minimum absolute atomic E-state index is 0.259. The summed E-state index contributed by atoms with van der Waals surface area (Å²) in [5.74, 6) is 0.853. The molecule has 0 spiro atoms. The van der Waals surface area contributed by atoms with Gasteiger partial charge in [0.15, 0.2) is 17.6 Å². The van der Waals surface area contributed by atoms with Crippen molar-refractivity contribution in [3.8, 4) is 17.2 Å². The zero-order valence-corrected chi connectivity index (χ0v) is 25.1. The Morgan fingerprint density at radius 3 is 2.52 bits per heavy atom. The van der Waals surface area contributed by atoms with Crippen molar-refractivity contribution in [2.45, 2.75) is 46.1 Å². The van der Waals surface area contributed by atoms with Crippen LogP contribution in [0.5, 0.6) is 17.2 Å². The molecular formula is C31H35N3O7S. The molecule has 2 aromatic carbocycles. The van der Waals surface area contributed by atoms with E-state index < -0.39 is 18.0 Å². The highest BCUT2D eigenvalue weighted by Crippen LogP contribution is 2.40. The van der Waals surface area contributed by atoms with Crippen LogP contribution in [0, 0.1) is 5.92 Å². The van der Waals surface area contributed by atoms with Gasteiger partial charge in [-0.1, -0.05) is 6.92 Å². The van der Waals surface area contributed by atoms with Crippen molar-refractivity contribution < 1.29 is 33.3 Å². The Labute approximate surface area is 249 Å². The predicted octanol–water partition coefficient (Wildman–Crippen LogP) is 5.24. The van der Waals surface area contributed by atoms with Crippen molar-refractivity contribution in [1.29, 1.82) is 0 Å². The Bertz CT molecular complexity index is 1470. The average molecular weight is 594 g/mol. The molecule has 2 atom stereocenters. The third kappa shape index (κ3) is 7.27. The summed E-state index contributed by atoms with van der Waals surface area (Å²) < 4.78 is 21.5. The second-order valence-electron chi connectivity index (χ2n) is 9.86. The first-order valence-corrected chi connectivity index (χ1v) is 14.5. The number of nitrogens with one attached hydrogen (secondary N) is 2. The number of esters is 1. The van der Waals surface area contributed by atoms with E-state index in [0.717, 1.165) is 29.7 Å². The van der Waals surface area contributed by atoms with E-state index in [1.54, 1.807) is 63.4 Å². The number of rotatable bonds is 11. The molecule has 222 valence electrons. The number of nitrogens with zero attached hydrogens (tertiary/aromatic N) is 1. The van der Waals surface area contributed by atoms with Crippen LogP contribution in [0.1, 0.15) is 63.9 Å². The summed E-state index contributed by atoms with van der Waals surface area (Å²) in [5, 5.41) is 7.41. The van der Waals surface area contributed by atoms with E-state index in [1.165, 1.54) is 24.7 Å². The lowest BCUT2D eigenvalue weighted by atomic mass is 9.88. The standard InChI is InChI=1S/C31H35N3O7S/c1-6-40-31(37)27-23-13-7-18(2)15-26(23)42-30(27)33-29(36)21-9-11-22(12-10-21)41-19(3)28(35)34-32-17-20-8-14-24(38-4)25(16-20)39-5/h8-12,14,16-19H,6-7,13,15H2,1-5H3,(H,33,36)(H,34,35)/b32-17+. The molecule has 11 heteroatoms. The fourth-order valence-electron chi connectivity index (χ4n) is 4.57. The first-order valence-electron chi connectivity index (χ1n) is 13.7. The van der Waals surface area contributed by atoms with Gasteiger partial charge in [0.05, 0.1) is 32.6 Å². The van der Waals surface area contributed by atoms with Gasteiger partial charge in [0.2, 0.25) is 0 Å². The molecule has 0 saturated heterocycles. The summed E-state index contributed by atoms with van der Waals surface area (Å²) in [5.41, 5.74) is 4.99. The van der Waals surface area contributed by atoms with E-state index in [9.17, 15) is 14.4 Å². The molecule has 2 amide bonds. The first-order chi connectivity index (χ1) is 20.2. The van der Waals surface area contributed by atoms with Crippen molar-refractivity contribution >= 4 is 40.3 Å². The van der Waals surface area contributed by atoms with Gasteiger partial charge in [0, 0.05) is 10.4 Å². The van der Waals surface area contributed by atoms with Crippen molar-refractivity contribution in [3.05, 3.63) is 69.6 Å². The van der Waals surface area contributed by atoms with Gasteiger partial charge in [-0.05, 0) is 92.6 Å². The molecule has 3 aromatic rings. The summed E-state index contributed by atoms with van der Waals surface area (Å²) in [4.78, 5) is 39.4. The smallest absolute Gasteiger partial charge is 0.341 e. The van der Waals surface area contributed by atoms with Crippen molar-refractivity contribution in [2.24, 2.45) is 11.0 Å². The average Bonchev–Trinajstić information content (AvgIpc) is 3.34. The lowest BCUT2D eigenvalue weighted by molar-refractivity contribution is -0.127. The van der Waals surface area contributed by atoms with Crippen molar-refractivity contribution in [3.63, 3.8) is 0 Å². The molecule has 1 aromatic heterocycles. The van der Waals surface area contributed by atoms with Gasteiger partial charge < -0.3 is 24.3 Å². The molecule has 1 heterocycles. The number of carbonyl (C=O) groups excluding carboxylic acids is 3. The highest BCUT2D eigenvalue weighted by molar-refractivity contribution is 7.17. The lowest BCUT2D eigenvalue weighted by Crippen LogP contribution is -2.33. The number of methoxy groups -OCH3 is 2. The number of benzene rings is 2. The maximum Gasteiger partial charge on any atom is 0.341 e. The predicted molar refractivity (Wildman–Crippen MR) is 161 cm³/mol. The van der Waals surface area contributed by atoms with Crippen LogP contribution >= 0.6 is 11.3 Å². The van der Waals surface area contributed by atoms with E-state index in [0.29, 0.717) is 44.9 Å². The summed E-state index contributed by atoms with van der Waals surface area (Å²) in [6.45, 7) is 5.80. The topological polar surface area (TPSA) is 125 Å². The van der Waals surface area contributed by atoms with Gasteiger partial charge in [-0.15, -0.1) is 11.3 Å². The molecule has 1 aliphatic rings. The van der Waals surface area contributed by atoms with Gasteiger partial charge in [-0.2, -0.15) is 5.10 Å². The highest BCUT2D eigenvalue weighted by Gasteiger charge is 2.29. The summed E-state index contributed by atoms with van der Waals surface area (Å²) >= 11 is 1.44. The van der Waals surface area contributed by atoms with Crippen molar-refractivity contribution in [1.82, 2.24) is 5.43 Å². The van der Waals surface area contributed by atoms with Gasteiger partial charge >= 0.3 is 5.97 Å². The molecule has 4 rings (SSSR count). The summed E-state index contributed by atoms with van der Waals surface area (Å²) in [6, 6.07) is 11.7. The molecule has 10 nitrogen and oxygen atoms in total. The molecule has 0 aliphatic heterocycles. The lowest BCUT2D eigenvalue weighted by Gasteiger charge is -2.18. The molecule has 2 N–H and O–H groups in total. The van der Waals surface area contributed by atoms with Crippen LogP contribution in [0.3, 0.4) is 0 Å². The van der Waals surface area contributed by atoms with Crippen LogP contribution in [0.15, 0.2) is 47.6 Å². The molecule has 0 radical (unpaired) electrons. The Kier molecular flexibility index (Phi) is 10.2. The molecule has 42 heavy (non-hydrogen) atoms. The number of hydrogen-bond acceptors (Lipinski definition) is 9. The van der Waals surface area contributed by atoms with Gasteiger partial charge in [0.1, 0.15) is 10.8 Å². The van der Waals surface area contributed by atoms with Crippen LogP contribution in [-0.2, 0) is 22.4 Å². The molecule has 0 bridgehead atoms. The monoisotopic (exact) mass is 593 g/mol. The zero-order chi connectivity index (χ0) is 30.2. The van der Waals surface area contributed by atoms with Gasteiger partial charge in [0.25, 0.3) is 11.8 Å². The number of anilines is 1. The SMILES string of the molecule is CCOC(=O)c1c(NC(=O)c2ccc(OC(C)C(=O)N/N=C/c3ccc(OC)c(OC)c3)cc2)sc2c1CCC(C)C2. The van der Waals surface area contributed by atoms with Crippen molar-refractivity contribution in [2.75, 3.05) is 26.1 Å². The molecule has 0 saturated carbocycles. The first kappa shape index (κ1) is 30.6. The van der Waals surface area contributed by atoms with E-state index in [-0.39, 0.29) is 12.5 Å². The van der Waals surface area contributed by atoms with E-state index >= 15 is 0 Å². The normalized spacial score (nSPS) is 14.9. The minimum atomic E-state index is -0.848. The Balaban J connectivity index is 1.36. The fraction of sp³-hybridized carbons (Fsp3) is 0.355. The maximum absolute atomic E-state index is 13.1. The summed E-state index contributed by atoms with van der Waals surface area (Å²) in [6.07, 6.45) is 3.29. The molecule has 2 unspecified atom stereocenters. The quantitative estimate of drug-likeness (QED) is 0.177. The largest absolute Gasteiger partial charge is 0.493 e. The van der Waals surface area contributed by atoms with Crippen LogP contribution in [0.4, 0.5) is 5.00 Å². The third-order valence-corrected chi connectivity index (χ3v) is 7.98. The number of hydrazone groups is 1. The van der Waals surface area contributed by atoms with Crippen LogP contribution in [0.2, 0.25) is 0 Å². The zero-order valence-electron chi connectivity index (χ0n) is 24.3. The number of fused-ring (bicyclic) bond motifs is 1. The van der Waals surface area contributed by atoms with Crippen LogP contribution < -0.4 is 25.0 Å². The van der Waals surface area contributed by atoms with Gasteiger partial charge in [-0.25, -0.2) is 10.2 Å². The molecular weight excluding hydrogens is 558 g/mol. The van der Waals surface area contributed by atoms with Gasteiger partial charge in [-0.3, -0.25) is 9.59 Å². The molecule has 0 fully saturated rings. The maximum atomic E-state index is 13.1. The van der Waals surface area contributed by atoms with Crippen LogP contribution in [0.25, 0.3) is 0 Å². The number of hydrogen-bond donors (Lipinski definition) is 2. The molecule has 1 aliphatic carbocycles. The minimum Gasteiger partial charge on any atom is -0.493 e. The Morgan fingerprint density at radius 1 is 1.10 bits per heavy atom. The Morgan fingerprint density at radius 2 is 1.83 bits per heavy atom. The fourth-order valence-corrected chi connectivity index (χ4v) is 5.96. The third-order valence-electron chi connectivity index (χ3n) is 6.81. The number of thiophene rings is 1. The van der Waals surface area contributed by atoms with E-state index in [1.807, 2.05) is 0 Å². The Hall–Kier alpha value is -4.38. The summed E-state index contributed by atoms with van der Waals surface area (Å²) in [7, 11) is 3.09. The second-order valence-corrected chi connectivity index (χ2v) is 11.0.